The summed E-state index contributed by atoms with van der Waals surface area (Å²) in [5.41, 5.74) is 9.59. The van der Waals surface area contributed by atoms with Gasteiger partial charge in [0.25, 0.3) is 0 Å². The third-order valence-electron chi connectivity index (χ3n) is 6.07. The van der Waals surface area contributed by atoms with Crippen LogP contribution < -0.4 is 0 Å². The molecule has 144 valence electrons. The van der Waals surface area contributed by atoms with Gasteiger partial charge in [0.15, 0.2) is 0 Å². The Morgan fingerprint density at radius 2 is 1.24 bits per heavy atom. The lowest BCUT2D eigenvalue weighted by Crippen LogP contribution is -2.30. The normalized spacial score (nSPS) is 16.3. The number of hydrogen-bond donors (Lipinski definition) is 0. The summed E-state index contributed by atoms with van der Waals surface area (Å²) in [4.78, 5) is 2.53. The summed E-state index contributed by atoms with van der Waals surface area (Å²) < 4.78 is 0. The first kappa shape index (κ1) is 18.4. The molecule has 0 bridgehead atoms. The van der Waals surface area contributed by atoms with E-state index in [1.807, 2.05) is 12.1 Å². The highest BCUT2D eigenvalue weighted by molar-refractivity contribution is 6.31. The van der Waals surface area contributed by atoms with Crippen LogP contribution in [0.5, 0.6) is 0 Å². The first-order chi connectivity index (χ1) is 14.3. The van der Waals surface area contributed by atoms with E-state index < -0.39 is 0 Å². The molecule has 0 aromatic heterocycles. The number of hydrogen-bond acceptors (Lipinski definition) is 1. The molecule has 0 saturated carbocycles. The molecule has 0 spiro atoms. The Kier molecular flexibility index (Phi) is 5.10. The first-order valence-corrected chi connectivity index (χ1v) is 10.7. The monoisotopic (exact) mass is 397 g/mol. The third-order valence-corrected chi connectivity index (χ3v) is 6.44. The molecule has 5 rings (SSSR count). The summed E-state index contributed by atoms with van der Waals surface area (Å²) in [7, 11) is 0. The molecule has 0 unspecified atom stereocenters. The number of rotatable bonds is 2. The van der Waals surface area contributed by atoms with Crippen LogP contribution in [0.4, 0.5) is 0 Å². The molecular weight excluding hydrogens is 374 g/mol. The molecular formula is C27H24ClN. The van der Waals surface area contributed by atoms with Crippen molar-refractivity contribution in [2.75, 3.05) is 13.1 Å². The number of piperidine rings is 1. The van der Waals surface area contributed by atoms with E-state index in [-0.39, 0.29) is 0 Å². The second-order valence-electron chi connectivity index (χ2n) is 7.85. The van der Waals surface area contributed by atoms with E-state index in [2.05, 4.69) is 77.7 Å². The van der Waals surface area contributed by atoms with Crippen molar-refractivity contribution in [1.82, 2.24) is 4.90 Å². The van der Waals surface area contributed by atoms with Crippen LogP contribution in [-0.2, 0) is 6.54 Å². The summed E-state index contributed by atoms with van der Waals surface area (Å²) in [5.74, 6) is 0. The Morgan fingerprint density at radius 1 is 0.690 bits per heavy atom. The van der Waals surface area contributed by atoms with E-state index in [4.69, 9.17) is 11.6 Å². The highest BCUT2D eigenvalue weighted by Crippen LogP contribution is 2.38. The van der Waals surface area contributed by atoms with Crippen LogP contribution in [0, 0.1) is 0 Å². The van der Waals surface area contributed by atoms with Gasteiger partial charge < -0.3 is 0 Å². The molecule has 3 aromatic rings. The van der Waals surface area contributed by atoms with E-state index in [0.717, 1.165) is 37.5 Å². The number of fused-ring (bicyclic) bond motifs is 2. The predicted molar refractivity (Wildman–Crippen MR) is 124 cm³/mol. The van der Waals surface area contributed by atoms with Gasteiger partial charge in [0.05, 0.1) is 0 Å². The Morgan fingerprint density at radius 3 is 1.86 bits per heavy atom. The molecule has 1 aliphatic heterocycles. The summed E-state index contributed by atoms with van der Waals surface area (Å²) in [5, 5.41) is 0.870. The second kappa shape index (κ2) is 8.02. The van der Waals surface area contributed by atoms with Crippen molar-refractivity contribution in [1.29, 1.82) is 0 Å². The number of benzene rings is 3. The molecule has 0 radical (unpaired) electrons. The molecule has 1 saturated heterocycles. The van der Waals surface area contributed by atoms with Gasteiger partial charge in [-0.05, 0) is 52.3 Å². The highest BCUT2D eigenvalue weighted by Gasteiger charge is 2.22. The predicted octanol–water partition coefficient (Wildman–Crippen LogP) is 6.92. The standard InChI is InChI=1S/C27H24ClN/c28-26-12-6-3-9-23(26)19-29-17-15-22(16-18-29)27-24-10-4-1-7-20(24)13-14-21-8-2-5-11-25(21)27/h1-14H,15-19H2. The molecule has 2 heteroatoms. The average molecular weight is 398 g/mol. The lowest BCUT2D eigenvalue weighted by atomic mass is 9.86. The maximum absolute atomic E-state index is 6.38. The fraction of sp³-hybridized carbons (Fsp3) is 0.185. The van der Waals surface area contributed by atoms with Crippen molar-refractivity contribution in [2.24, 2.45) is 0 Å². The van der Waals surface area contributed by atoms with Crippen molar-refractivity contribution >= 4 is 29.3 Å². The molecule has 1 heterocycles. The van der Waals surface area contributed by atoms with Crippen LogP contribution in [0.2, 0.25) is 5.02 Å². The SMILES string of the molecule is Clc1ccccc1CN1CCC(=C2c3ccccc3C=Cc3ccccc32)CC1. The summed E-state index contributed by atoms with van der Waals surface area (Å²) in [6, 6.07) is 25.8. The van der Waals surface area contributed by atoms with E-state index >= 15 is 0 Å². The fourth-order valence-corrected chi connectivity index (χ4v) is 4.74. The molecule has 2 aliphatic rings. The van der Waals surface area contributed by atoms with E-state index in [9.17, 15) is 0 Å². The zero-order chi connectivity index (χ0) is 19.6. The minimum atomic E-state index is 0.870. The fourth-order valence-electron chi connectivity index (χ4n) is 4.54. The van der Waals surface area contributed by atoms with E-state index in [0.29, 0.717) is 0 Å². The number of likely N-dealkylation sites (tertiary alicyclic amines) is 1. The largest absolute Gasteiger partial charge is 0.298 e. The molecule has 1 fully saturated rings. The Balaban J connectivity index is 1.48. The maximum atomic E-state index is 6.38. The summed E-state index contributed by atoms with van der Waals surface area (Å²) in [6.45, 7) is 3.07. The quantitative estimate of drug-likeness (QED) is 0.354. The van der Waals surface area contributed by atoms with Gasteiger partial charge in [0.1, 0.15) is 0 Å². The minimum absolute atomic E-state index is 0.870. The molecule has 29 heavy (non-hydrogen) atoms. The van der Waals surface area contributed by atoms with E-state index in [1.165, 1.54) is 33.4 Å². The topological polar surface area (TPSA) is 3.24 Å². The zero-order valence-corrected chi connectivity index (χ0v) is 17.2. The van der Waals surface area contributed by atoms with Crippen molar-refractivity contribution in [3.05, 3.63) is 111 Å². The summed E-state index contributed by atoms with van der Waals surface area (Å²) >= 11 is 6.38. The second-order valence-corrected chi connectivity index (χ2v) is 8.26. The molecule has 0 amide bonds. The lowest BCUT2D eigenvalue weighted by molar-refractivity contribution is 0.248. The Hall–Kier alpha value is -2.61. The highest BCUT2D eigenvalue weighted by atomic mass is 35.5. The van der Waals surface area contributed by atoms with Crippen LogP contribution in [0.25, 0.3) is 17.7 Å². The number of nitrogens with zero attached hydrogens (tertiary/aromatic N) is 1. The third kappa shape index (κ3) is 3.69. The van der Waals surface area contributed by atoms with Gasteiger partial charge in [-0.1, -0.05) is 96.1 Å². The smallest absolute Gasteiger partial charge is 0.0451 e. The van der Waals surface area contributed by atoms with Gasteiger partial charge in [-0.25, -0.2) is 0 Å². The van der Waals surface area contributed by atoms with Crippen LogP contribution >= 0.6 is 11.6 Å². The molecule has 3 aromatic carbocycles. The van der Waals surface area contributed by atoms with Gasteiger partial charge >= 0.3 is 0 Å². The average Bonchev–Trinajstić information content (AvgIpc) is 2.93. The maximum Gasteiger partial charge on any atom is 0.0451 e. The molecule has 0 atom stereocenters. The van der Waals surface area contributed by atoms with Gasteiger partial charge in [-0.3, -0.25) is 4.90 Å². The van der Waals surface area contributed by atoms with Crippen LogP contribution in [0.15, 0.2) is 78.4 Å². The van der Waals surface area contributed by atoms with Gasteiger partial charge in [-0.15, -0.1) is 0 Å². The summed E-state index contributed by atoms with van der Waals surface area (Å²) in [6.07, 6.45) is 6.72. The van der Waals surface area contributed by atoms with E-state index in [1.54, 1.807) is 5.57 Å². The van der Waals surface area contributed by atoms with Crippen LogP contribution in [-0.4, -0.2) is 18.0 Å². The molecule has 1 nitrogen and oxygen atoms in total. The lowest BCUT2D eigenvalue weighted by Gasteiger charge is -2.30. The minimum Gasteiger partial charge on any atom is -0.298 e. The zero-order valence-electron chi connectivity index (χ0n) is 16.4. The van der Waals surface area contributed by atoms with Crippen molar-refractivity contribution < 1.29 is 0 Å². The first-order valence-electron chi connectivity index (χ1n) is 10.3. The van der Waals surface area contributed by atoms with Crippen LogP contribution in [0.1, 0.15) is 40.7 Å². The van der Waals surface area contributed by atoms with Crippen molar-refractivity contribution in [3.63, 3.8) is 0 Å². The van der Waals surface area contributed by atoms with Crippen LogP contribution in [0.3, 0.4) is 0 Å². The van der Waals surface area contributed by atoms with Gasteiger partial charge in [-0.2, -0.15) is 0 Å². The van der Waals surface area contributed by atoms with Crippen molar-refractivity contribution in [3.8, 4) is 0 Å². The Labute approximate surface area is 178 Å². The Bertz CT molecular complexity index is 1050. The number of halogens is 1. The molecule has 1 aliphatic carbocycles. The van der Waals surface area contributed by atoms with Crippen molar-refractivity contribution in [2.45, 2.75) is 19.4 Å². The van der Waals surface area contributed by atoms with Gasteiger partial charge in [0.2, 0.25) is 0 Å². The van der Waals surface area contributed by atoms with Gasteiger partial charge in [0, 0.05) is 24.7 Å². The molecule has 0 N–H and O–H groups in total.